The van der Waals surface area contributed by atoms with Crippen LogP contribution >= 0.6 is 0 Å². The zero-order valence-electron chi connectivity index (χ0n) is 22.5. The fourth-order valence-electron chi connectivity index (χ4n) is 5.57. The van der Waals surface area contributed by atoms with E-state index in [1.807, 2.05) is 73.3 Å². The van der Waals surface area contributed by atoms with Gasteiger partial charge in [0.05, 0.1) is 29.8 Å². The first-order valence-electron chi connectivity index (χ1n) is 13.7. The van der Waals surface area contributed by atoms with Crippen LogP contribution in [0.3, 0.4) is 0 Å². The minimum Gasteiger partial charge on any atom is -0.369 e. The Bertz CT molecular complexity index is 1140. The number of fused-ring (bicyclic) bond motifs is 1. The first-order valence-corrected chi connectivity index (χ1v) is 13.7. The molecule has 1 saturated carbocycles. The first-order chi connectivity index (χ1) is 18.3. The van der Waals surface area contributed by atoms with Gasteiger partial charge in [-0.05, 0) is 61.8 Å². The lowest BCUT2D eigenvalue weighted by Gasteiger charge is -2.34. The Morgan fingerprint density at radius 2 is 1.71 bits per heavy atom. The van der Waals surface area contributed by atoms with Crippen LogP contribution in [0.2, 0.25) is 0 Å². The van der Waals surface area contributed by atoms with Crippen molar-refractivity contribution >= 4 is 34.8 Å². The summed E-state index contributed by atoms with van der Waals surface area (Å²) in [6.45, 7) is 8.68. The van der Waals surface area contributed by atoms with Crippen LogP contribution in [0.4, 0.5) is 17.1 Å². The number of amides is 3. The number of nitrogens with zero attached hydrogens (tertiary/aromatic N) is 2. The molecule has 1 heterocycles. The molecule has 0 saturated heterocycles. The fourth-order valence-corrected chi connectivity index (χ4v) is 5.57. The third kappa shape index (κ3) is 6.09. The van der Waals surface area contributed by atoms with Crippen molar-refractivity contribution in [1.29, 1.82) is 0 Å². The number of allylic oxidation sites excluding steroid dienone is 1. The van der Waals surface area contributed by atoms with Gasteiger partial charge in [0.1, 0.15) is 6.04 Å². The first kappa shape index (κ1) is 27.4. The summed E-state index contributed by atoms with van der Waals surface area (Å²) in [6, 6.07) is 17.1. The largest absolute Gasteiger partial charge is 0.369 e. The zero-order valence-corrected chi connectivity index (χ0v) is 22.5. The summed E-state index contributed by atoms with van der Waals surface area (Å²) in [4.78, 5) is 44.2. The molecule has 3 unspecified atom stereocenters. The average molecular weight is 517 g/mol. The Morgan fingerprint density at radius 1 is 1.05 bits per heavy atom. The molecule has 1 aliphatic carbocycles. The van der Waals surface area contributed by atoms with Crippen molar-refractivity contribution in [3.8, 4) is 0 Å². The van der Waals surface area contributed by atoms with Gasteiger partial charge in [-0.1, -0.05) is 56.7 Å². The molecule has 2 aliphatic rings. The van der Waals surface area contributed by atoms with Crippen molar-refractivity contribution in [3.63, 3.8) is 0 Å². The molecule has 7 nitrogen and oxygen atoms in total. The molecular formula is C31H40N4O3. The summed E-state index contributed by atoms with van der Waals surface area (Å²) in [5, 5.41) is 3.07. The van der Waals surface area contributed by atoms with E-state index in [0.717, 1.165) is 29.9 Å². The van der Waals surface area contributed by atoms with Crippen LogP contribution < -0.4 is 20.9 Å². The second kappa shape index (κ2) is 12.3. The van der Waals surface area contributed by atoms with Crippen LogP contribution in [0.1, 0.15) is 46.0 Å². The minimum absolute atomic E-state index is 0.126. The van der Waals surface area contributed by atoms with Gasteiger partial charge in [0.25, 0.3) is 5.91 Å². The number of carbonyl (C=O) groups is 3. The number of nitrogens with one attached hydrogen (secondary N) is 1. The molecule has 0 spiro atoms. The van der Waals surface area contributed by atoms with E-state index in [4.69, 9.17) is 5.73 Å². The van der Waals surface area contributed by atoms with Crippen LogP contribution in [0, 0.1) is 23.7 Å². The van der Waals surface area contributed by atoms with Gasteiger partial charge >= 0.3 is 0 Å². The molecular weight excluding hydrogens is 476 g/mol. The van der Waals surface area contributed by atoms with Crippen molar-refractivity contribution in [1.82, 2.24) is 5.32 Å². The second-order valence-electron chi connectivity index (χ2n) is 11.0. The van der Waals surface area contributed by atoms with Crippen LogP contribution in [0.5, 0.6) is 0 Å². The average Bonchev–Trinajstić information content (AvgIpc) is 2.98. The van der Waals surface area contributed by atoms with Crippen molar-refractivity contribution in [2.24, 2.45) is 29.4 Å². The molecule has 1 fully saturated rings. The topological polar surface area (TPSA) is 95.7 Å². The zero-order chi connectivity index (χ0) is 27.2. The lowest BCUT2D eigenvalue weighted by atomic mass is 9.82. The molecule has 3 atom stereocenters. The molecule has 1 aliphatic heterocycles. The predicted octanol–water partition coefficient (Wildman–Crippen LogP) is 4.80. The third-order valence-electron chi connectivity index (χ3n) is 7.78. The van der Waals surface area contributed by atoms with Crippen LogP contribution in [-0.2, 0) is 14.4 Å². The Hall–Kier alpha value is -3.61. The van der Waals surface area contributed by atoms with E-state index >= 15 is 0 Å². The lowest BCUT2D eigenvalue weighted by Crippen LogP contribution is -2.55. The highest BCUT2D eigenvalue weighted by Gasteiger charge is 2.39. The molecule has 0 bridgehead atoms. The number of nitrogens with two attached hydrogens (primary N) is 1. The van der Waals surface area contributed by atoms with Gasteiger partial charge in [-0.25, -0.2) is 0 Å². The highest BCUT2D eigenvalue weighted by atomic mass is 16.2. The van der Waals surface area contributed by atoms with E-state index in [0.29, 0.717) is 25.3 Å². The Balaban J connectivity index is 1.71. The van der Waals surface area contributed by atoms with E-state index in [1.165, 1.54) is 6.42 Å². The van der Waals surface area contributed by atoms with E-state index in [9.17, 15) is 14.4 Å². The number of primary amides is 1. The van der Waals surface area contributed by atoms with Gasteiger partial charge in [-0.15, -0.1) is 6.58 Å². The number of anilines is 3. The van der Waals surface area contributed by atoms with Crippen molar-refractivity contribution in [3.05, 3.63) is 67.3 Å². The quantitative estimate of drug-likeness (QED) is 0.420. The number of benzene rings is 2. The molecule has 4 rings (SSSR count). The van der Waals surface area contributed by atoms with Crippen molar-refractivity contribution in [2.45, 2.75) is 52.0 Å². The molecule has 38 heavy (non-hydrogen) atoms. The summed E-state index contributed by atoms with van der Waals surface area (Å²) in [5.41, 5.74) is 8.46. The normalized spacial score (nSPS) is 19.2. The van der Waals surface area contributed by atoms with Gasteiger partial charge < -0.3 is 20.9 Å². The Kier molecular flexibility index (Phi) is 8.87. The molecule has 0 aromatic heterocycles. The Morgan fingerprint density at radius 3 is 2.29 bits per heavy atom. The summed E-state index contributed by atoms with van der Waals surface area (Å²) < 4.78 is 0. The van der Waals surface area contributed by atoms with E-state index in [1.54, 1.807) is 6.08 Å². The molecule has 2 aromatic carbocycles. The number of para-hydroxylation sites is 3. The SMILES string of the molecule is C=CCC(C(N)=O)C(CC(C)C)C(=O)NC1CN(c2ccccc2)c2ccccc2N(CC2CCC2)C1=O. The fraction of sp³-hybridized carbons (Fsp3) is 0.452. The molecule has 7 heteroatoms. The Labute approximate surface area is 226 Å². The van der Waals surface area contributed by atoms with Gasteiger partial charge in [-0.3, -0.25) is 14.4 Å². The highest BCUT2D eigenvalue weighted by molar-refractivity contribution is 6.04. The maximum Gasteiger partial charge on any atom is 0.251 e. The smallest absolute Gasteiger partial charge is 0.251 e. The molecule has 202 valence electrons. The minimum atomic E-state index is -0.790. The van der Waals surface area contributed by atoms with Crippen molar-refractivity contribution < 1.29 is 14.4 Å². The number of rotatable bonds is 11. The van der Waals surface area contributed by atoms with Crippen molar-refractivity contribution in [2.75, 3.05) is 22.9 Å². The standard InChI is InChI=1S/C31H40N4O3/c1-4-11-24(29(32)36)25(18-21(2)3)30(37)33-26-20-34(23-14-6-5-7-15-23)27-16-8-9-17-28(27)35(31(26)38)19-22-12-10-13-22/h4-9,14-17,21-22,24-26H,1,10-13,18-20H2,2-3H3,(H2,32,36)(H,33,37). The highest BCUT2D eigenvalue weighted by Crippen LogP contribution is 2.39. The van der Waals surface area contributed by atoms with E-state index in [-0.39, 0.29) is 24.3 Å². The maximum absolute atomic E-state index is 14.1. The number of hydrogen-bond acceptors (Lipinski definition) is 4. The van der Waals surface area contributed by atoms with E-state index < -0.39 is 23.8 Å². The molecule has 2 aromatic rings. The summed E-state index contributed by atoms with van der Waals surface area (Å²) in [5.74, 6) is -1.67. The van der Waals surface area contributed by atoms with Gasteiger partial charge in [0.2, 0.25) is 11.8 Å². The maximum atomic E-state index is 14.1. The third-order valence-corrected chi connectivity index (χ3v) is 7.78. The number of carbonyl (C=O) groups excluding carboxylic acids is 3. The summed E-state index contributed by atoms with van der Waals surface area (Å²) in [6.07, 6.45) is 5.81. The predicted molar refractivity (Wildman–Crippen MR) is 152 cm³/mol. The molecule has 3 N–H and O–H groups in total. The van der Waals surface area contributed by atoms with Crippen LogP contribution in [-0.4, -0.2) is 36.9 Å². The number of hydrogen-bond donors (Lipinski definition) is 2. The monoisotopic (exact) mass is 516 g/mol. The summed E-state index contributed by atoms with van der Waals surface area (Å²) in [7, 11) is 0. The van der Waals surface area contributed by atoms with Gasteiger partial charge in [0.15, 0.2) is 0 Å². The van der Waals surface area contributed by atoms with Gasteiger partial charge in [-0.2, -0.15) is 0 Å². The lowest BCUT2D eigenvalue weighted by molar-refractivity contribution is -0.135. The van der Waals surface area contributed by atoms with Crippen LogP contribution in [0.15, 0.2) is 67.3 Å². The van der Waals surface area contributed by atoms with E-state index in [2.05, 4.69) is 16.8 Å². The molecule has 0 radical (unpaired) electrons. The summed E-state index contributed by atoms with van der Waals surface area (Å²) >= 11 is 0. The van der Waals surface area contributed by atoms with Gasteiger partial charge in [0, 0.05) is 12.2 Å². The second-order valence-corrected chi connectivity index (χ2v) is 11.0. The van der Waals surface area contributed by atoms with Crippen LogP contribution in [0.25, 0.3) is 0 Å². The molecule has 3 amide bonds.